The number of aromatic nitrogens is 1. The molecule has 154 valence electrons. The summed E-state index contributed by atoms with van der Waals surface area (Å²) in [6, 6.07) is 9.90. The normalized spacial score (nSPS) is 15.1. The molecule has 0 aliphatic carbocycles. The van der Waals surface area contributed by atoms with Crippen LogP contribution < -0.4 is 10.6 Å². The third kappa shape index (κ3) is 7.40. The smallest absolute Gasteiger partial charge is 0.226 e. The van der Waals surface area contributed by atoms with Crippen molar-refractivity contribution in [2.45, 2.75) is 19.4 Å². The fraction of sp³-hybridized carbons (Fsp3) is 0.500. The highest BCUT2D eigenvalue weighted by Crippen LogP contribution is 2.17. The van der Waals surface area contributed by atoms with E-state index in [1.54, 1.807) is 13.3 Å². The number of rotatable bonds is 8. The Balaban J connectivity index is 0.00000280. The predicted molar refractivity (Wildman–Crippen MR) is 122 cm³/mol. The van der Waals surface area contributed by atoms with Crippen LogP contribution in [-0.4, -0.2) is 62.3 Å². The van der Waals surface area contributed by atoms with E-state index in [-0.39, 0.29) is 24.0 Å². The lowest BCUT2D eigenvalue weighted by Gasteiger charge is -2.26. The van der Waals surface area contributed by atoms with Crippen molar-refractivity contribution in [3.63, 3.8) is 0 Å². The first-order valence-corrected chi connectivity index (χ1v) is 9.59. The number of unbranched alkanes of at least 4 members (excludes halogenated alkanes) is 1. The Hall–Kier alpha value is -1.65. The monoisotopic (exact) mass is 499 g/mol. The van der Waals surface area contributed by atoms with Crippen LogP contribution in [0.25, 0.3) is 11.5 Å². The Morgan fingerprint density at radius 1 is 1.14 bits per heavy atom. The molecule has 2 aromatic rings. The summed E-state index contributed by atoms with van der Waals surface area (Å²) in [6.45, 7) is 6.45. The number of aliphatic imine (C=N–C) groups is 1. The maximum Gasteiger partial charge on any atom is 0.226 e. The molecule has 1 saturated heterocycles. The number of ether oxygens (including phenoxy) is 1. The van der Waals surface area contributed by atoms with Gasteiger partial charge in [-0.3, -0.25) is 9.89 Å². The van der Waals surface area contributed by atoms with Gasteiger partial charge in [0.1, 0.15) is 6.26 Å². The highest BCUT2D eigenvalue weighted by Gasteiger charge is 2.09. The number of oxazole rings is 1. The molecule has 0 saturated carbocycles. The van der Waals surface area contributed by atoms with E-state index in [0.717, 1.165) is 63.0 Å². The van der Waals surface area contributed by atoms with Crippen LogP contribution in [0.2, 0.25) is 0 Å². The third-order valence-electron chi connectivity index (χ3n) is 4.53. The number of hydrogen-bond acceptors (Lipinski definition) is 5. The highest BCUT2D eigenvalue weighted by atomic mass is 127. The van der Waals surface area contributed by atoms with E-state index in [2.05, 4.69) is 25.5 Å². The maximum absolute atomic E-state index is 5.56. The maximum atomic E-state index is 5.56. The van der Waals surface area contributed by atoms with Gasteiger partial charge in [0, 0.05) is 32.2 Å². The molecule has 1 aliphatic heterocycles. The Labute approximate surface area is 184 Å². The summed E-state index contributed by atoms with van der Waals surface area (Å²) in [5.74, 6) is 1.42. The van der Waals surface area contributed by atoms with Crippen LogP contribution in [0.15, 0.2) is 46.0 Å². The molecule has 0 radical (unpaired) electrons. The zero-order valence-corrected chi connectivity index (χ0v) is 18.7. The van der Waals surface area contributed by atoms with Crippen molar-refractivity contribution in [2.75, 3.05) is 46.4 Å². The predicted octanol–water partition coefficient (Wildman–Crippen LogP) is 2.74. The fourth-order valence-electron chi connectivity index (χ4n) is 2.99. The van der Waals surface area contributed by atoms with Gasteiger partial charge in [-0.25, -0.2) is 4.98 Å². The van der Waals surface area contributed by atoms with Crippen molar-refractivity contribution in [1.29, 1.82) is 0 Å². The number of nitrogens with one attached hydrogen (secondary N) is 2. The van der Waals surface area contributed by atoms with Gasteiger partial charge in [-0.15, -0.1) is 24.0 Å². The Bertz CT molecular complexity index is 702. The molecule has 8 heteroatoms. The van der Waals surface area contributed by atoms with E-state index < -0.39 is 0 Å². The molecule has 0 atom stereocenters. The van der Waals surface area contributed by atoms with Crippen LogP contribution >= 0.6 is 24.0 Å². The van der Waals surface area contributed by atoms with Crippen molar-refractivity contribution >= 4 is 29.9 Å². The van der Waals surface area contributed by atoms with E-state index in [9.17, 15) is 0 Å². The molecular formula is C20H30IN5O2. The first-order valence-electron chi connectivity index (χ1n) is 9.59. The second kappa shape index (κ2) is 12.7. The summed E-state index contributed by atoms with van der Waals surface area (Å²) in [6.07, 6.45) is 3.97. The molecule has 2 heterocycles. The minimum Gasteiger partial charge on any atom is -0.444 e. The number of guanidine groups is 1. The quantitative estimate of drug-likeness (QED) is 0.252. The lowest BCUT2D eigenvalue weighted by atomic mass is 10.2. The van der Waals surface area contributed by atoms with E-state index >= 15 is 0 Å². The molecule has 1 aromatic heterocycles. The van der Waals surface area contributed by atoms with E-state index in [4.69, 9.17) is 9.15 Å². The number of nitrogens with zero attached hydrogens (tertiary/aromatic N) is 3. The summed E-state index contributed by atoms with van der Waals surface area (Å²) >= 11 is 0. The second-order valence-corrected chi connectivity index (χ2v) is 6.52. The molecule has 3 rings (SSSR count). The molecule has 28 heavy (non-hydrogen) atoms. The van der Waals surface area contributed by atoms with Gasteiger partial charge < -0.3 is 19.8 Å². The van der Waals surface area contributed by atoms with Crippen LogP contribution in [-0.2, 0) is 11.3 Å². The molecule has 0 unspecified atom stereocenters. The summed E-state index contributed by atoms with van der Waals surface area (Å²) in [5, 5.41) is 6.63. The zero-order chi connectivity index (χ0) is 18.7. The molecule has 1 aliphatic rings. The lowest BCUT2D eigenvalue weighted by Crippen LogP contribution is -2.38. The Morgan fingerprint density at radius 3 is 2.68 bits per heavy atom. The van der Waals surface area contributed by atoms with E-state index in [1.807, 2.05) is 30.3 Å². The zero-order valence-electron chi connectivity index (χ0n) is 16.4. The Morgan fingerprint density at radius 2 is 1.93 bits per heavy atom. The third-order valence-corrected chi connectivity index (χ3v) is 4.53. The first kappa shape index (κ1) is 22.6. The average Bonchev–Trinajstić information content (AvgIpc) is 3.20. The summed E-state index contributed by atoms with van der Waals surface area (Å²) in [5.41, 5.74) is 1.83. The fourth-order valence-corrected chi connectivity index (χ4v) is 2.99. The van der Waals surface area contributed by atoms with Crippen molar-refractivity contribution in [2.24, 2.45) is 4.99 Å². The van der Waals surface area contributed by atoms with Crippen LogP contribution in [0.5, 0.6) is 0 Å². The summed E-state index contributed by atoms with van der Waals surface area (Å²) < 4.78 is 10.9. The SMILES string of the molecule is CN=C(NCCCCN1CCOCC1)NCc1coc(-c2ccccc2)n1.I. The number of benzene rings is 1. The van der Waals surface area contributed by atoms with Crippen molar-refractivity contribution in [3.8, 4) is 11.5 Å². The molecule has 1 aromatic carbocycles. The minimum atomic E-state index is 0. The molecule has 1 fully saturated rings. The molecule has 7 nitrogen and oxygen atoms in total. The van der Waals surface area contributed by atoms with Gasteiger partial charge in [0.2, 0.25) is 5.89 Å². The van der Waals surface area contributed by atoms with Gasteiger partial charge in [-0.1, -0.05) is 18.2 Å². The Kier molecular flexibility index (Phi) is 10.3. The van der Waals surface area contributed by atoms with Crippen LogP contribution in [0.4, 0.5) is 0 Å². The molecule has 0 amide bonds. The van der Waals surface area contributed by atoms with Crippen LogP contribution in [0, 0.1) is 0 Å². The summed E-state index contributed by atoms with van der Waals surface area (Å²) in [4.78, 5) is 11.2. The van der Waals surface area contributed by atoms with Gasteiger partial charge in [0.25, 0.3) is 0 Å². The number of morpholine rings is 1. The van der Waals surface area contributed by atoms with Gasteiger partial charge in [0.15, 0.2) is 5.96 Å². The molecular weight excluding hydrogens is 469 g/mol. The van der Waals surface area contributed by atoms with Crippen molar-refractivity contribution in [3.05, 3.63) is 42.3 Å². The van der Waals surface area contributed by atoms with Crippen molar-refractivity contribution in [1.82, 2.24) is 20.5 Å². The van der Waals surface area contributed by atoms with Crippen molar-refractivity contribution < 1.29 is 9.15 Å². The molecule has 0 bridgehead atoms. The standard InChI is InChI=1S/C20H29N5O2.HI/c1-21-20(22-9-5-6-10-25-11-13-26-14-12-25)23-15-18-16-27-19(24-18)17-7-3-2-4-8-17;/h2-4,7-8,16H,5-6,9-15H2,1H3,(H2,21,22,23);1H. The largest absolute Gasteiger partial charge is 0.444 e. The molecule has 2 N–H and O–H groups in total. The first-order chi connectivity index (χ1) is 13.3. The number of hydrogen-bond donors (Lipinski definition) is 2. The number of halogens is 1. The topological polar surface area (TPSA) is 74.9 Å². The van der Waals surface area contributed by atoms with Crippen LogP contribution in [0.3, 0.4) is 0 Å². The second-order valence-electron chi connectivity index (χ2n) is 6.52. The van der Waals surface area contributed by atoms with Gasteiger partial charge in [-0.2, -0.15) is 0 Å². The van der Waals surface area contributed by atoms with E-state index in [1.165, 1.54) is 6.42 Å². The van der Waals surface area contributed by atoms with Crippen LogP contribution in [0.1, 0.15) is 18.5 Å². The molecule has 0 spiro atoms. The van der Waals surface area contributed by atoms with Gasteiger partial charge in [-0.05, 0) is 31.5 Å². The highest BCUT2D eigenvalue weighted by molar-refractivity contribution is 14.0. The average molecular weight is 499 g/mol. The lowest BCUT2D eigenvalue weighted by molar-refractivity contribution is 0.0372. The van der Waals surface area contributed by atoms with Gasteiger partial charge in [0.05, 0.1) is 25.5 Å². The van der Waals surface area contributed by atoms with E-state index in [0.29, 0.717) is 12.4 Å². The summed E-state index contributed by atoms with van der Waals surface area (Å²) in [7, 11) is 1.78. The van der Waals surface area contributed by atoms with Gasteiger partial charge >= 0.3 is 0 Å². The minimum absolute atomic E-state index is 0.